The summed E-state index contributed by atoms with van der Waals surface area (Å²) in [5, 5.41) is 0.175. The molecule has 2 atom stereocenters. The van der Waals surface area contributed by atoms with Gasteiger partial charge in [-0.1, -0.05) is 45.6 Å². The average molecular weight is 351 g/mol. The molecule has 0 amide bonds. The van der Waals surface area contributed by atoms with Crippen molar-refractivity contribution in [2.45, 2.75) is 89.5 Å². The molecule has 0 heterocycles. The minimum atomic E-state index is -0.561. The molecule has 0 saturated carbocycles. The van der Waals surface area contributed by atoms with Gasteiger partial charge in [0.05, 0.1) is 9.52 Å². The maximum absolute atomic E-state index is 6.18. The van der Waals surface area contributed by atoms with Gasteiger partial charge in [0.15, 0.2) is 5.41 Å². The maximum Gasteiger partial charge on any atom is 0.171 e. The minimum Gasteiger partial charge on any atom is -0.372 e. The van der Waals surface area contributed by atoms with E-state index in [0.717, 1.165) is 6.42 Å². The second-order valence-corrected chi connectivity index (χ2v) is 8.58. The SMILES string of the molecule is CCCCCC(S)C(OCC)C(OCC)(OCC)[SiH2]CCC. The fourth-order valence-corrected chi connectivity index (χ4v) is 5.79. The zero-order valence-electron chi connectivity index (χ0n) is 15.4. The van der Waals surface area contributed by atoms with Crippen molar-refractivity contribution in [2.24, 2.45) is 0 Å². The van der Waals surface area contributed by atoms with Crippen LogP contribution in [-0.2, 0) is 14.2 Å². The van der Waals surface area contributed by atoms with Crippen molar-refractivity contribution in [3.05, 3.63) is 0 Å². The van der Waals surface area contributed by atoms with E-state index in [9.17, 15) is 0 Å². The van der Waals surface area contributed by atoms with Gasteiger partial charge >= 0.3 is 0 Å². The van der Waals surface area contributed by atoms with Gasteiger partial charge in [-0.3, -0.25) is 0 Å². The topological polar surface area (TPSA) is 27.7 Å². The molecule has 0 aromatic carbocycles. The summed E-state index contributed by atoms with van der Waals surface area (Å²) in [4.78, 5) is 0. The van der Waals surface area contributed by atoms with Crippen molar-refractivity contribution in [3.8, 4) is 0 Å². The lowest BCUT2D eigenvalue weighted by molar-refractivity contribution is -0.237. The molecule has 0 N–H and O–H groups in total. The highest BCUT2D eigenvalue weighted by atomic mass is 32.1. The third-order valence-corrected chi connectivity index (χ3v) is 6.99. The van der Waals surface area contributed by atoms with Crippen molar-refractivity contribution in [3.63, 3.8) is 0 Å². The van der Waals surface area contributed by atoms with Crippen LogP contribution in [0.5, 0.6) is 0 Å². The Balaban J connectivity index is 5.14. The highest BCUT2D eigenvalue weighted by molar-refractivity contribution is 7.81. The van der Waals surface area contributed by atoms with Gasteiger partial charge in [0.1, 0.15) is 6.10 Å². The van der Waals surface area contributed by atoms with Gasteiger partial charge in [-0.2, -0.15) is 12.6 Å². The third-order valence-electron chi connectivity index (χ3n) is 3.89. The lowest BCUT2D eigenvalue weighted by atomic mass is 10.1. The molecule has 0 aliphatic rings. The molecule has 0 aliphatic carbocycles. The zero-order chi connectivity index (χ0) is 16.8. The zero-order valence-corrected chi connectivity index (χ0v) is 17.7. The summed E-state index contributed by atoms with van der Waals surface area (Å²) in [5.41, 5.74) is -0.520. The van der Waals surface area contributed by atoms with Crippen molar-refractivity contribution >= 4 is 22.1 Å². The Morgan fingerprint density at radius 1 is 0.909 bits per heavy atom. The smallest absolute Gasteiger partial charge is 0.171 e. The largest absolute Gasteiger partial charge is 0.372 e. The Kier molecular flexibility index (Phi) is 14.1. The summed E-state index contributed by atoms with van der Waals surface area (Å²) < 4.78 is 18.5. The quantitative estimate of drug-likeness (QED) is 0.209. The summed E-state index contributed by atoms with van der Waals surface area (Å²) in [7, 11) is -0.561. The molecule has 2 unspecified atom stereocenters. The Morgan fingerprint density at radius 2 is 1.55 bits per heavy atom. The number of hydrogen-bond acceptors (Lipinski definition) is 4. The van der Waals surface area contributed by atoms with Crippen LogP contribution in [-0.4, -0.2) is 46.1 Å². The maximum atomic E-state index is 6.18. The molecular formula is C17H38O3SSi. The number of ether oxygens (including phenoxy) is 3. The van der Waals surface area contributed by atoms with Gasteiger partial charge in [0.25, 0.3) is 0 Å². The average Bonchev–Trinajstić information content (AvgIpc) is 2.51. The van der Waals surface area contributed by atoms with Crippen LogP contribution in [0.4, 0.5) is 0 Å². The van der Waals surface area contributed by atoms with Crippen LogP contribution < -0.4 is 0 Å². The predicted molar refractivity (Wildman–Crippen MR) is 102 cm³/mol. The van der Waals surface area contributed by atoms with Gasteiger partial charge in [-0.25, -0.2) is 0 Å². The molecular weight excluding hydrogens is 312 g/mol. The third kappa shape index (κ3) is 7.82. The van der Waals surface area contributed by atoms with Crippen LogP contribution in [0, 0.1) is 0 Å². The number of unbranched alkanes of at least 4 members (excludes halogenated alkanes) is 2. The van der Waals surface area contributed by atoms with Gasteiger partial charge in [-0.05, 0) is 27.2 Å². The molecule has 0 aliphatic heterocycles. The molecule has 0 bridgehead atoms. The lowest BCUT2D eigenvalue weighted by Crippen LogP contribution is -2.57. The highest BCUT2D eigenvalue weighted by Gasteiger charge is 2.44. The molecule has 0 radical (unpaired) electrons. The van der Waals surface area contributed by atoms with Crippen LogP contribution in [0.1, 0.15) is 66.7 Å². The molecule has 0 saturated heterocycles. The number of hydrogen-bond donors (Lipinski definition) is 1. The van der Waals surface area contributed by atoms with Gasteiger partial charge in [0.2, 0.25) is 0 Å². The van der Waals surface area contributed by atoms with Gasteiger partial charge < -0.3 is 14.2 Å². The predicted octanol–water partition coefficient (Wildman–Crippen LogP) is 3.99. The fourth-order valence-electron chi connectivity index (χ4n) is 2.87. The first-order chi connectivity index (χ1) is 10.6. The van der Waals surface area contributed by atoms with Crippen LogP contribution in [0.2, 0.25) is 6.04 Å². The summed E-state index contributed by atoms with van der Waals surface area (Å²) in [6, 6.07) is 1.21. The Labute approximate surface area is 146 Å². The van der Waals surface area contributed by atoms with Crippen LogP contribution in [0.15, 0.2) is 0 Å². The van der Waals surface area contributed by atoms with Gasteiger partial charge in [0, 0.05) is 25.1 Å². The summed E-state index contributed by atoms with van der Waals surface area (Å²) in [6.45, 7) is 12.6. The summed E-state index contributed by atoms with van der Waals surface area (Å²) in [6.07, 6.45) is 5.85. The second-order valence-electron chi connectivity index (χ2n) is 5.72. The molecule has 0 aromatic rings. The molecule has 0 fully saturated rings. The molecule has 134 valence electrons. The van der Waals surface area contributed by atoms with Crippen molar-refractivity contribution in [2.75, 3.05) is 19.8 Å². The standard InChI is InChI=1S/C17H38O3SSi/c1-6-11-12-13-15(21)16(18-8-3)17(19-9-4,20-10-5)22-14-7-2/h15-16,21H,6-14,22H2,1-5H3. The van der Waals surface area contributed by atoms with E-state index in [-0.39, 0.29) is 11.4 Å². The summed E-state index contributed by atoms with van der Waals surface area (Å²) in [5.74, 6) is 0. The Morgan fingerprint density at radius 3 is 2.00 bits per heavy atom. The van der Waals surface area contributed by atoms with Crippen LogP contribution in [0.3, 0.4) is 0 Å². The van der Waals surface area contributed by atoms with E-state index in [1.807, 2.05) is 20.8 Å². The van der Waals surface area contributed by atoms with Crippen LogP contribution in [0.25, 0.3) is 0 Å². The minimum absolute atomic E-state index is 0.0594. The van der Waals surface area contributed by atoms with Crippen molar-refractivity contribution in [1.29, 1.82) is 0 Å². The molecule has 3 nitrogen and oxygen atoms in total. The first kappa shape index (κ1) is 22.4. The van der Waals surface area contributed by atoms with E-state index >= 15 is 0 Å². The lowest BCUT2D eigenvalue weighted by Gasteiger charge is -2.42. The van der Waals surface area contributed by atoms with Crippen molar-refractivity contribution in [1.82, 2.24) is 0 Å². The first-order valence-corrected chi connectivity index (χ1v) is 11.4. The molecule has 22 heavy (non-hydrogen) atoms. The van der Waals surface area contributed by atoms with E-state index in [1.165, 1.54) is 31.7 Å². The number of thiol groups is 1. The van der Waals surface area contributed by atoms with E-state index < -0.39 is 14.9 Å². The van der Waals surface area contributed by atoms with Gasteiger partial charge in [-0.15, -0.1) is 0 Å². The molecule has 0 spiro atoms. The normalized spacial score (nSPS) is 15.5. The first-order valence-electron chi connectivity index (χ1n) is 9.19. The Bertz CT molecular complexity index is 248. The fraction of sp³-hybridized carbons (Fsp3) is 1.00. The highest BCUT2D eigenvalue weighted by Crippen LogP contribution is 2.29. The Hall–Kier alpha value is 0.447. The monoisotopic (exact) mass is 350 g/mol. The number of rotatable bonds is 15. The van der Waals surface area contributed by atoms with E-state index in [4.69, 9.17) is 26.8 Å². The van der Waals surface area contributed by atoms with E-state index in [2.05, 4.69) is 13.8 Å². The van der Waals surface area contributed by atoms with E-state index in [1.54, 1.807) is 0 Å². The molecule has 5 heteroatoms. The molecule has 0 aromatic heterocycles. The van der Waals surface area contributed by atoms with Crippen LogP contribution >= 0.6 is 12.6 Å². The summed E-state index contributed by atoms with van der Waals surface area (Å²) >= 11 is 4.87. The molecule has 0 rings (SSSR count). The van der Waals surface area contributed by atoms with Crippen molar-refractivity contribution < 1.29 is 14.2 Å². The second kappa shape index (κ2) is 13.8. The van der Waals surface area contributed by atoms with E-state index in [0.29, 0.717) is 19.8 Å².